The molecule has 1 N–H and O–H groups in total. The number of rotatable bonds is 1. The predicted molar refractivity (Wildman–Crippen MR) is 83.2 cm³/mol. The fourth-order valence-electron chi connectivity index (χ4n) is 3.83. The Morgan fingerprint density at radius 1 is 1.23 bits per heavy atom. The first-order valence-electron chi connectivity index (χ1n) is 7.67. The molecule has 2 aromatic rings. The third-order valence-corrected chi connectivity index (χ3v) is 5.59. The Morgan fingerprint density at radius 3 is 2.68 bits per heavy atom. The molecular weight excluding hydrogens is 279 g/mol. The second-order valence-electron chi connectivity index (χ2n) is 6.90. The van der Waals surface area contributed by atoms with E-state index >= 15 is 0 Å². The van der Waals surface area contributed by atoms with Gasteiger partial charge < -0.3 is 5.11 Å². The van der Waals surface area contributed by atoms with Crippen molar-refractivity contribution in [3.8, 4) is 5.69 Å². The molecule has 2 aliphatic rings. The van der Waals surface area contributed by atoms with Gasteiger partial charge in [-0.2, -0.15) is 5.10 Å². The van der Waals surface area contributed by atoms with E-state index < -0.39 is 5.60 Å². The zero-order valence-corrected chi connectivity index (χ0v) is 12.8. The van der Waals surface area contributed by atoms with Gasteiger partial charge in [-0.25, -0.2) is 9.07 Å². The van der Waals surface area contributed by atoms with Crippen molar-refractivity contribution in [1.82, 2.24) is 9.78 Å². The van der Waals surface area contributed by atoms with E-state index in [2.05, 4.69) is 18.1 Å². The molecule has 0 aliphatic heterocycles. The summed E-state index contributed by atoms with van der Waals surface area (Å²) in [5.74, 6) is -0.248. The summed E-state index contributed by atoms with van der Waals surface area (Å²) in [5.41, 5.74) is 3.45. The molecule has 1 heterocycles. The van der Waals surface area contributed by atoms with E-state index in [1.807, 2.05) is 17.8 Å². The van der Waals surface area contributed by atoms with Crippen molar-refractivity contribution in [3.05, 3.63) is 53.1 Å². The highest BCUT2D eigenvalue weighted by atomic mass is 19.1. The number of fused-ring (bicyclic) bond motifs is 2. The molecule has 1 aromatic carbocycles. The van der Waals surface area contributed by atoms with Crippen LogP contribution in [0.1, 0.15) is 37.9 Å². The molecule has 4 rings (SSSR count). The van der Waals surface area contributed by atoms with Crippen LogP contribution < -0.4 is 0 Å². The van der Waals surface area contributed by atoms with Gasteiger partial charge in [0.25, 0.3) is 0 Å². The van der Waals surface area contributed by atoms with E-state index in [9.17, 15) is 9.50 Å². The zero-order chi connectivity index (χ0) is 15.5. The molecule has 4 heteroatoms. The molecule has 0 bridgehead atoms. The SMILES string of the molecule is CC12Cc3cnn(-c4ccc(F)cc4)c3C=C1CC[C@]2(C)O. The summed E-state index contributed by atoms with van der Waals surface area (Å²) in [6.45, 7) is 4.08. The first-order valence-corrected chi connectivity index (χ1v) is 7.67. The van der Waals surface area contributed by atoms with Crippen LogP contribution in [0.2, 0.25) is 0 Å². The van der Waals surface area contributed by atoms with Crippen LogP contribution in [0.3, 0.4) is 0 Å². The molecular formula is C18H19FN2O. The summed E-state index contributed by atoms with van der Waals surface area (Å²) in [7, 11) is 0. The number of hydrogen-bond acceptors (Lipinski definition) is 2. The molecule has 2 atom stereocenters. The molecule has 114 valence electrons. The summed E-state index contributed by atoms with van der Waals surface area (Å²) in [6.07, 6.45) is 6.53. The summed E-state index contributed by atoms with van der Waals surface area (Å²) in [4.78, 5) is 0. The first kappa shape index (κ1) is 13.7. The number of hydrogen-bond donors (Lipinski definition) is 1. The maximum Gasteiger partial charge on any atom is 0.123 e. The van der Waals surface area contributed by atoms with Gasteiger partial charge in [0.15, 0.2) is 0 Å². The lowest BCUT2D eigenvalue weighted by molar-refractivity contribution is -0.0220. The maximum atomic E-state index is 13.1. The molecule has 1 saturated carbocycles. The van der Waals surface area contributed by atoms with Crippen LogP contribution in [-0.4, -0.2) is 20.5 Å². The Labute approximate surface area is 129 Å². The fraction of sp³-hybridized carbons (Fsp3) is 0.389. The standard InChI is InChI=1S/C18H19FN2O/c1-17-10-12-11-20-21(15-5-3-14(19)4-6-15)16(12)9-13(17)7-8-18(17,2)22/h3-6,9,11,22H,7-8,10H2,1-2H3/t17?,18-/m0/s1. The molecule has 1 aromatic heterocycles. The minimum absolute atomic E-state index is 0.212. The fourth-order valence-corrected chi connectivity index (χ4v) is 3.83. The van der Waals surface area contributed by atoms with Crippen LogP contribution in [0.4, 0.5) is 4.39 Å². The monoisotopic (exact) mass is 298 g/mol. The lowest BCUT2D eigenvalue weighted by Crippen LogP contribution is -2.42. The van der Waals surface area contributed by atoms with E-state index in [-0.39, 0.29) is 11.2 Å². The minimum atomic E-state index is -0.672. The van der Waals surface area contributed by atoms with Crippen molar-refractivity contribution in [2.24, 2.45) is 5.41 Å². The van der Waals surface area contributed by atoms with Gasteiger partial charge in [-0.1, -0.05) is 12.5 Å². The average Bonchev–Trinajstić information content (AvgIpc) is 2.97. The maximum absolute atomic E-state index is 13.1. The van der Waals surface area contributed by atoms with Crippen LogP contribution in [0.15, 0.2) is 36.0 Å². The van der Waals surface area contributed by atoms with Crippen LogP contribution >= 0.6 is 0 Å². The van der Waals surface area contributed by atoms with Gasteiger partial charge in [-0.3, -0.25) is 0 Å². The lowest BCUT2D eigenvalue weighted by Gasteiger charge is -2.40. The second kappa shape index (κ2) is 4.29. The zero-order valence-electron chi connectivity index (χ0n) is 12.8. The number of benzene rings is 1. The summed E-state index contributed by atoms with van der Waals surface area (Å²) >= 11 is 0. The average molecular weight is 298 g/mol. The Bertz CT molecular complexity index is 773. The molecule has 2 aliphatic carbocycles. The molecule has 3 nitrogen and oxygen atoms in total. The van der Waals surface area contributed by atoms with Crippen LogP contribution in [-0.2, 0) is 6.42 Å². The quantitative estimate of drug-likeness (QED) is 0.875. The summed E-state index contributed by atoms with van der Waals surface area (Å²) < 4.78 is 15.0. The van der Waals surface area contributed by atoms with Gasteiger partial charge in [0.1, 0.15) is 5.82 Å². The molecule has 1 unspecified atom stereocenters. The molecule has 0 saturated heterocycles. The van der Waals surface area contributed by atoms with E-state index in [4.69, 9.17) is 0 Å². The molecule has 0 radical (unpaired) electrons. The number of aliphatic hydroxyl groups is 1. The van der Waals surface area contributed by atoms with Crippen molar-refractivity contribution in [1.29, 1.82) is 0 Å². The van der Waals surface area contributed by atoms with Gasteiger partial charge in [0.05, 0.1) is 23.2 Å². The lowest BCUT2D eigenvalue weighted by atomic mass is 9.68. The van der Waals surface area contributed by atoms with Gasteiger partial charge >= 0.3 is 0 Å². The van der Waals surface area contributed by atoms with Gasteiger partial charge in [-0.15, -0.1) is 0 Å². The van der Waals surface area contributed by atoms with Crippen molar-refractivity contribution >= 4 is 6.08 Å². The van der Waals surface area contributed by atoms with Gasteiger partial charge in [0.2, 0.25) is 0 Å². The van der Waals surface area contributed by atoms with Gasteiger partial charge in [-0.05, 0) is 62.1 Å². The molecule has 1 fully saturated rings. The Balaban J connectivity index is 1.82. The number of aromatic nitrogens is 2. The van der Waals surface area contributed by atoms with Crippen molar-refractivity contribution < 1.29 is 9.50 Å². The van der Waals surface area contributed by atoms with E-state index in [0.717, 1.165) is 36.2 Å². The topological polar surface area (TPSA) is 38.0 Å². The van der Waals surface area contributed by atoms with E-state index in [1.54, 1.807) is 12.1 Å². The van der Waals surface area contributed by atoms with Crippen molar-refractivity contribution in [3.63, 3.8) is 0 Å². The Hall–Kier alpha value is -1.94. The highest BCUT2D eigenvalue weighted by Gasteiger charge is 2.52. The third-order valence-electron chi connectivity index (χ3n) is 5.59. The minimum Gasteiger partial charge on any atom is -0.389 e. The largest absolute Gasteiger partial charge is 0.389 e. The van der Waals surface area contributed by atoms with Crippen molar-refractivity contribution in [2.75, 3.05) is 0 Å². The van der Waals surface area contributed by atoms with Gasteiger partial charge in [0, 0.05) is 5.41 Å². The smallest absolute Gasteiger partial charge is 0.123 e. The molecule has 22 heavy (non-hydrogen) atoms. The number of nitrogens with zero attached hydrogens (tertiary/aromatic N) is 2. The molecule has 0 amide bonds. The highest BCUT2D eigenvalue weighted by Crippen LogP contribution is 2.54. The summed E-state index contributed by atoms with van der Waals surface area (Å²) in [6, 6.07) is 6.37. The van der Waals surface area contributed by atoms with E-state index in [1.165, 1.54) is 17.7 Å². The Morgan fingerprint density at radius 2 is 1.95 bits per heavy atom. The third kappa shape index (κ3) is 1.73. The number of halogens is 1. The van der Waals surface area contributed by atoms with Crippen LogP contribution in [0, 0.1) is 11.2 Å². The predicted octanol–water partition coefficient (Wildman–Crippen LogP) is 3.50. The van der Waals surface area contributed by atoms with Crippen LogP contribution in [0.5, 0.6) is 0 Å². The first-order chi connectivity index (χ1) is 10.4. The second-order valence-corrected chi connectivity index (χ2v) is 6.90. The van der Waals surface area contributed by atoms with Crippen molar-refractivity contribution in [2.45, 2.75) is 38.7 Å². The Kier molecular flexibility index (Phi) is 2.67. The van der Waals surface area contributed by atoms with Crippen LogP contribution in [0.25, 0.3) is 11.8 Å². The molecule has 0 spiro atoms. The summed E-state index contributed by atoms with van der Waals surface area (Å²) in [5, 5.41) is 15.2. The normalized spacial score (nSPS) is 29.9. The highest BCUT2D eigenvalue weighted by molar-refractivity contribution is 5.62. The van der Waals surface area contributed by atoms with E-state index in [0.29, 0.717) is 0 Å².